The monoisotopic (exact) mass is 264 g/mol. The van der Waals surface area contributed by atoms with Crippen LogP contribution in [0.25, 0.3) is 0 Å². The fraction of sp³-hybridized carbons (Fsp3) is 0.533. The summed E-state index contributed by atoms with van der Waals surface area (Å²) in [7, 11) is 1.63. The Labute approximate surface area is 115 Å². The summed E-state index contributed by atoms with van der Waals surface area (Å²) < 4.78 is 5.12. The summed E-state index contributed by atoms with van der Waals surface area (Å²) in [5.74, 6) is 0.500. The highest BCUT2D eigenvalue weighted by molar-refractivity contribution is 5.87. The van der Waals surface area contributed by atoms with Crippen molar-refractivity contribution in [1.29, 1.82) is 0 Å². The molecule has 0 aliphatic carbocycles. The molecule has 4 heteroatoms. The molecule has 0 aromatic heterocycles. The summed E-state index contributed by atoms with van der Waals surface area (Å²) >= 11 is 0. The molecule has 0 saturated carbocycles. The van der Waals surface area contributed by atoms with E-state index >= 15 is 0 Å². The van der Waals surface area contributed by atoms with Gasteiger partial charge in [0.1, 0.15) is 11.3 Å². The van der Waals surface area contributed by atoms with Crippen LogP contribution in [-0.4, -0.2) is 18.6 Å². The van der Waals surface area contributed by atoms with E-state index in [0.29, 0.717) is 6.42 Å². The number of rotatable bonds is 8. The Kier molecular flexibility index (Phi) is 5.67. The van der Waals surface area contributed by atoms with Gasteiger partial charge in [0, 0.05) is 5.69 Å². The zero-order chi connectivity index (χ0) is 14.3. The van der Waals surface area contributed by atoms with Crippen LogP contribution in [0.1, 0.15) is 39.5 Å². The van der Waals surface area contributed by atoms with Crippen LogP contribution in [0.5, 0.6) is 5.75 Å². The van der Waals surface area contributed by atoms with Crippen molar-refractivity contribution in [2.45, 2.75) is 45.1 Å². The van der Waals surface area contributed by atoms with Crippen molar-refractivity contribution in [3.63, 3.8) is 0 Å². The first-order valence-corrected chi connectivity index (χ1v) is 6.80. The van der Waals surface area contributed by atoms with Crippen molar-refractivity contribution in [2.75, 3.05) is 12.4 Å². The molecule has 1 aromatic carbocycles. The first-order chi connectivity index (χ1) is 9.07. The van der Waals surface area contributed by atoms with Crippen LogP contribution in [0, 0.1) is 0 Å². The number of hydrogen-bond donors (Lipinski definition) is 2. The molecule has 106 valence electrons. The molecule has 0 saturated heterocycles. The van der Waals surface area contributed by atoms with Gasteiger partial charge in [-0.1, -0.05) is 26.7 Å². The van der Waals surface area contributed by atoms with Crippen molar-refractivity contribution >= 4 is 11.6 Å². The van der Waals surface area contributed by atoms with E-state index in [1.54, 1.807) is 7.11 Å². The lowest BCUT2D eigenvalue weighted by Crippen LogP contribution is -2.50. The Hall–Kier alpha value is -1.71. The first-order valence-electron chi connectivity index (χ1n) is 6.80. The van der Waals surface area contributed by atoms with Gasteiger partial charge in [0.2, 0.25) is 5.91 Å². The van der Waals surface area contributed by atoms with Crippen LogP contribution in [0.3, 0.4) is 0 Å². The SMILES string of the molecule is CCCCC(CC)(Nc1ccc(OC)cc1)C(N)=O. The zero-order valence-electron chi connectivity index (χ0n) is 12.0. The lowest BCUT2D eigenvalue weighted by Gasteiger charge is -2.31. The van der Waals surface area contributed by atoms with Crippen LogP contribution in [-0.2, 0) is 4.79 Å². The highest BCUT2D eigenvalue weighted by Gasteiger charge is 2.33. The fourth-order valence-electron chi connectivity index (χ4n) is 2.12. The third-order valence-electron chi connectivity index (χ3n) is 3.51. The maximum absolute atomic E-state index is 11.8. The summed E-state index contributed by atoms with van der Waals surface area (Å²) in [5, 5.41) is 3.30. The molecule has 1 atom stereocenters. The third-order valence-corrected chi connectivity index (χ3v) is 3.51. The highest BCUT2D eigenvalue weighted by Crippen LogP contribution is 2.25. The zero-order valence-corrected chi connectivity index (χ0v) is 12.0. The lowest BCUT2D eigenvalue weighted by molar-refractivity contribution is -0.122. The van der Waals surface area contributed by atoms with Gasteiger partial charge in [-0.2, -0.15) is 0 Å². The van der Waals surface area contributed by atoms with Gasteiger partial charge in [-0.15, -0.1) is 0 Å². The molecule has 0 bridgehead atoms. The van der Waals surface area contributed by atoms with E-state index in [-0.39, 0.29) is 5.91 Å². The Morgan fingerprint density at radius 2 is 1.95 bits per heavy atom. The summed E-state index contributed by atoms with van der Waals surface area (Å²) in [6.07, 6.45) is 3.44. The molecule has 1 aromatic rings. The highest BCUT2D eigenvalue weighted by atomic mass is 16.5. The number of benzene rings is 1. The molecule has 19 heavy (non-hydrogen) atoms. The average molecular weight is 264 g/mol. The van der Waals surface area contributed by atoms with Crippen molar-refractivity contribution in [3.8, 4) is 5.75 Å². The molecular formula is C15H24N2O2. The van der Waals surface area contributed by atoms with E-state index in [4.69, 9.17) is 10.5 Å². The number of primary amides is 1. The first kappa shape index (κ1) is 15.3. The Morgan fingerprint density at radius 1 is 1.32 bits per heavy atom. The van der Waals surface area contributed by atoms with E-state index < -0.39 is 5.54 Å². The van der Waals surface area contributed by atoms with Crippen LogP contribution in [0.2, 0.25) is 0 Å². The summed E-state index contributed by atoms with van der Waals surface area (Å²) in [6, 6.07) is 7.53. The maximum Gasteiger partial charge on any atom is 0.243 e. The second kappa shape index (κ2) is 7.02. The van der Waals surface area contributed by atoms with Crippen LogP contribution in [0.4, 0.5) is 5.69 Å². The number of unbranched alkanes of at least 4 members (excludes halogenated alkanes) is 1. The van der Waals surface area contributed by atoms with Gasteiger partial charge in [0.25, 0.3) is 0 Å². The number of nitrogens with one attached hydrogen (secondary N) is 1. The topological polar surface area (TPSA) is 64.3 Å². The van der Waals surface area contributed by atoms with Crippen molar-refractivity contribution in [2.24, 2.45) is 5.73 Å². The standard InChI is InChI=1S/C15H24N2O2/c1-4-6-11-15(5-2,14(16)18)17-12-7-9-13(19-3)10-8-12/h7-10,17H,4-6,11H2,1-3H3,(H2,16,18). The minimum Gasteiger partial charge on any atom is -0.497 e. The number of amides is 1. The van der Waals surface area contributed by atoms with Crippen LogP contribution < -0.4 is 15.8 Å². The molecule has 4 nitrogen and oxygen atoms in total. The Bertz CT molecular complexity index is 403. The predicted molar refractivity (Wildman–Crippen MR) is 78.4 cm³/mol. The smallest absolute Gasteiger partial charge is 0.243 e. The maximum atomic E-state index is 11.8. The second-order valence-corrected chi connectivity index (χ2v) is 4.76. The largest absolute Gasteiger partial charge is 0.497 e. The predicted octanol–water partition coefficient (Wildman–Crippen LogP) is 2.93. The van der Waals surface area contributed by atoms with Gasteiger partial charge in [-0.3, -0.25) is 4.79 Å². The average Bonchev–Trinajstić information content (AvgIpc) is 2.44. The second-order valence-electron chi connectivity index (χ2n) is 4.76. The van der Waals surface area contributed by atoms with Gasteiger partial charge in [0.05, 0.1) is 7.11 Å². The fourth-order valence-corrected chi connectivity index (χ4v) is 2.12. The van der Waals surface area contributed by atoms with Crippen molar-refractivity contribution < 1.29 is 9.53 Å². The summed E-state index contributed by atoms with van der Waals surface area (Å²) in [6.45, 7) is 4.09. The van der Waals surface area contributed by atoms with E-state index in [9.17, 15) is 4.79 Å². The van der Waals surface area contributed by atoms with Crippen LogP contribution >= 0.6 is 0 Å². The van der Waals surface area contributed by atoms with Gasteiger partial charge in [0.15, 0.2) is 0 Å². The van der Waals surface area contributed by atoms with Crippen molar-refractivity contribution in [3.05, 3.63) is 24.3 Å². The van der Waals surface area contributed by atoms with E-state index in [1.807, 2.05) is 31.2 Å². The number of nitrogens with two attached hydrogens (primary N) is 1. The molecule has 3 N–H and O–H groups in total. The molecule has 0 spiro atoms. The molecule has 1 amide bonds. The van der Waals surface area contributed by atoms with Gasteiger partial charge < -0.3 is 15.8 Å². The number of ether oxygens (including phenoxy) is 1. The number of carbonyl (C=O) groups is 1. The minimum atomic E-state index is -0.662. The quantitative estimate of drug-likeness (QED) is 0.758. The molecule has 0 aliphatic rings. The third kappa shape index (κ3) is 3.88. The number of carbonyl (C=O) groups excluding carboxylic acids is 1. The van der Waals surface area contributed by atoms with Crippen molar-refractivity contribution in [1.82, 2.24) is 0 Å². The number of anilines is 1. The molecule has 1 rings (SSSR count). The Balaban J connectivity index is 2.88. The molecule has 0 aliphatic heterocycles. The van der Waals surface area contributed by atoms with E-state index in [1.165, 1.54) is 0 Å². The molecule has 0 fully saturated rings. The summed E-state index contributed by atoms with van der Waals surface area (Å²) in [5.41, 5.74) is 5.83. The normalized spacial score (nSPS) is 13.6. The number of methoxy groups -OCH3 is 1. The van der Waals surface area contributed by atoms with Gasteiger partial charge in [-0.25, -0.2) is 0 Å². The lowest BCUT2D eigenvalue weighted by atomic mass is 9.88. The summed E-state index contributed by atoms with van der Waals surface area (Å²) in [4.78, 5) is 11.8. The number of hydrogen-bond acceptors (Lipinski definition) is 3. The van der Waals surface area contributed by atoms with Gasteiger partial charge >= 0.3 is 0 Å². The molecule has 1 unspecified atom stereocenters. The van der Waals surface area contributed by atoms with E-state index in [0.717, 1.165) is 30.7 Å². The molecule has 0 radical (unpaired) electrons. The Morgan fingerprint density at radius 3 is 2.37 bits per heavy atom. The molecular weight excluding hydrogens is 240 g/mol. The minimum absolute atomic E-state index is 0.292. The van der Waals surface area contributed by atoms with E-state index in [2.05, 4.69) is 12.2 Å². The van der Waals surface area contributed by atoms with Gasteiger partial charge in [-0.05, 0) is 37.1 Å². The molecule has 0 heterocycles. The van der Waals surface area contributed by atoms with Crippen LogP contribution in [0.15, 0.2) is 24.3 Å².